The van der Waals surface area contributed by atoms with Crippen molar-refractivity contribution in [2.45, 2.75) is 102 Å². The number of allylic oxidation sites excluding steroid dienone is 1. The third-order valence-electron chi connectivity index (χ3n) is 4.85. The predicted octanol–water partition coefficient (Wildman–Crippen LogP) is 5.36. The smallest absolute Gasteiger partial charge is 0.0107 e. The Labute approximate surface area is 120 Å². The minimum atomic E-state index is 0.767. The lowest BCUT2D eigenvalue weighted by atomic mass is 9.95. The molecule has 1 nitrogen and oxygen atoms in total. The maximum atomic E-state index is 3.96. The van der Waals surface area contributed by atoms with Gasteiger partial charge in [-0.3, -0.25) is 0 Å². The number of rotatable bonds is 2. The molecule has 0 saturated heterocycles. The van der Waals surface area contributed by atoms with E-state index < -0.39 is 0 Å². The first kappa shape index (κ1) is 15.1. The van der Waals surface area contributed by atoms with Crippen molar-refractivity contribution >= 4 is 0 Å². The summed E-state index contributed by atoms with van der Waals surface area (Å²) in [5.74, 6) is 0. The highest BCUT2D eigenvalue weighted by Gasteiger charge is 2.15. The van der Waals surface area contributed by atoms with Crippen LogP contribution in [-0.2, 0) is 0 Å². The molecule has 0 radical (unpaired) electrons. The van der Waals surface area contributed by atoms with Gasteiger partial charge in [0.05, 0.1) is 0 Å². The van der Waals surface area contributed by atoms with Crippen LogP contribution in [0.25, 0.3) is 0 Å². The van der Waals surface area contributed by atoms with Crippen LogP contribution in [-0.4, -0.2) is 12.1 Å². The molecule has 2 rings (SSSR count). The molecule has 1 N–H and O–H groups in total. The van der Waals surface area contributed by atoms with Gasteiger partial charge in [0.15, 0.2) is 0 Å². The summed E-state index contributed by atoms with van der Waals surface area (Å²) < 4.78 is 0. The van der Waals surface area contributed by atoms with E-state index in [0.29, 0.717) is 0 Å². The molecular formula is C18H33N. The summed E-state index contributed by atoms with van der Waals surface area (Å²) in [6.45, 7) is 0. The zero-order chi connectivity index (χ0) is 13.2. The SMILES string of the molecule is C1=CCC(NC2CCCCCCCCCCC2)CC1. The summed E-state index contributed by atoms with van der Waals surface area (Å²) >= 11 is 0. The highest BCUT2D eigenvalue weighted by molar-refractivity contribution is 4.93. The van der Waals surface area contributed by atoms with Crippen molar-refractivity contribution in [2.75, 3.05) is 0 Å². The summed E-state index contributed by atoms with van der Waals surface area (Å²) in [7, 11) is 0. The first-order valence-corrected chi connectivity index (χ1v) is 8.86. The van der Waals surface area contributed by atoms with E-state index in [9.17, 15) is 0 Å². The third kappa shape index (κ3) is 6.61. The van der Waals surface area contributed by atoms with Gasteiger partial charge in [0.25, 0.3) is 0 Å². The first-order chi connectivity index (χ1) is 9.45. The summed E-state index contributed by atoms with van der Waals surface area (Å²) in [4.78, 5) is 0. The van der Waals surface area contributed by atoms with Crippen LogP contribution in [0, 0.1) is 0 Å². The lowest BCUT2D eigenvalue weighted by Crippen LogP contribution is -2.38. The van der Waals surface area contributed by atoms with Crippen molar-refractivity contribution in [1.82, 2.24) is 5.32 Å². The van der Waals surface area contributed by atoms with Crippen molar-refractivity contribution in [2.24, 2.45) is 0 Å². The molecule has 0 heterocycles. The average molecular weight is 263 g/mol. The lowest BCUT2D eigenvalue weighted by Gasteiger charge is -2.27. The zero-order valence-electron chi connectivity index (χ0n) is 12.7. The van der Waals surface area contributed by atoms with Gasteiger partial charge in [-0.25, -0.2) is 0 Å². The molecule has 2 aliphatic rings. The Morgan fingerprint density at radius 2 is 1.16 bits per heavy atom. The molecule has 0 aromatic heterocycles. The van der Waals surface area contributed by atoms with Gasteiger partial charge in [-0.2, -0.15) is 0 Å². The fourth-order valence-electron chi connectivity index (χ4n) is 3.61. The van der Waals surface area contributed by atoms with Crippen LogP contribution in [0.2, 0.25) is 0 Å². The third-order valence-corrected chi connectivity index (χ3v) is 4.85. The molecule has 0 bridgehead atoms. The molecule has 0 spiro atoms. The minimum Gasteiger partial charge on any atom is -0.311 e. The van der Waals surface area contributed by atoms with Gasteiger partial charge >= 0.3 is 0 Å². The van der Waals surface area contributed by atoms with Gasteiger partial charge in [0.1, 0.15) is 0 Å². The van der Waals surface area contributed by atoms with Crippen LogP contribution in [0.5, 0.6) is 0 Å². The highest BCUT2D eigenvalue weighted by Crippen LogP contribution is 2.19. The number of nitrogens with one attached hydrogen (secondary N) is 1. The highest BCUT2D eigenvalue weighted by atomic mass is 14.9. The Morgan fingerprint density at radius 3 is 1.68 bits per heavy atom. The molecular weight excluding hydrogens is 230 g/mol. The Morgan fingerprint density at radius 1 is 0.579 bits per heavy atom. The molecule has 0 aliphatic heterocycles. The van der Waals surface area contributed by atoms with Gasteiger partial charge in [-0.1, -0.05) is 69.9 Å². The van der Waals surface area contributed by atoms with E-state index in [2.05, 4.69) is 17.5 Å². The molecule has 0 amide bonds. The normalized spacial score (nSPS) is 28.5. The maximum absolute atomic E-state index is 3.96. The van der Waals surface area contributed by atoms with Crippen molar-refractivity contribution in [3.63, 3.8) is 0 Å². The molecule has 1 unspecified atom stereocenters. The van der Waals surface area contributed by atoms with E-state index >= 15 is 0 Å². The van der Waals surface area contributed by atoms with Crippen LogP contribution < -0.4 is 5.32 Å². The number of hydrogen-bond donors (Lipinski definition) is 1. The van der Waals surface area contributed by atoms with Crippen molar-refractivity contribution in [3.8, 4) is 0 Å². The van der Waals surface area contributed by atoms with Crippen LogP contribution in [0.3, 0.4) is 0 Å². The quantitative estimate of drug-likeness (QED) is 0.661. The maximum Gasteiger partial charge on any atom is 0.0107 e. The molecule has 1 atom stereocenters. The minimum absolute atomic E-state index is 0.767. The monoisotopic (exact) mass is 263 g/mol. The second-order valence-electron chi connectivity index (χ2n) is 6.60. The van der Waals surface area contributed by atoms with Gasteiger partial charge in [-0.15, -0.1) is 0 Å². The topological polar surface area (TPSA) is 12.0 Å². The lowest BCUT2D eigenvalue weighted by molar-refractivity contribution is 0.348. The fourth-order valence-corrected chi connectivity index (χ4v) is 3.61. The van der Waals surface area contributed by atoms with Crippen molar-refractivity contribution in [1.29, 1.82) is 0 Å². The molecule has 1 saturated carbocycles. The van der Waals surface area contributed by atoms with E-state index in [1.165, 1.54) is 89.9 Å². The van der Waals surface area contributed by atoms with Gasteiger partial charge < -0.3 is 5.32 Å². The molecule has 110 valence electrons. The summed E-state index contributed by atoms with van der Waals surface area (Å²) in [5, 5.41) is 3.96. The summed E-state index contributed by atoms with van der Waals surface area (Å²) in [6.07, 6.45) is 24.6. The molecule has 0 aromatic rings. The Hall–Kier alpha value is -0.300. The van der Waals surface area contributed by atoms with E-state index in [-0.39, 0.29) is 0 Å². The Balaban J connectivity index is 1.72. The molecule has 19 heavy (non-hydrogen) atoms. The standard InChI is InChI=1S/C18H33N/c1-2-4-6-9-13-17(14-10-7-5-3-1)19-18-15-11-8-12-16-18/h8,11,17-19H,1-7,9-10,12-16H2. The van der Waals surface area contributed by atoms with E-state index in [1.807, 2.05) is 0 Å². The Kier molecular flexibility index (Phi) is 7.61. The molecule has 1 heteroatoms. The van der Waals surface area contributed by atoms with E-state index in [4.69, 9.17) is 0 Å². The van der Waals surface area contributed by atoms with Gasteiger partial charge in [-0.05, 0) is 32.1 Å². The van der Waals surface area contributed by atoms with Crippen LogP contribution >= 0.6 is 0 Å². The zero-order valence-corrected chi connectivity index (χ0v) is 12.7. The molecule has 0 aromatic carbocycles. The fraction of sp³-hybridized carbons (Fsp3) is 0.889. The van der Waals surface area contributed by atoms with Gasteiger partial charge in [0.2, 0.25) is 0 Å². The van der Waals surface area contributed by atoms with E-state index in [1.54, 1.807) is 0 Å². The summed E-state index contributed by atoms with van der Waals surface area (Å²) in [5.41, 5.74) is 0. The predicted molar refractivity (Wildman–Crippen MR) is 84.5 cm³/mol. The number of hydrogen-bond acceptors (Lipinski definition) is 1. The average Bonchev–Trinajstić information content (AvgIpc) is 2.43. The van der Waals surface area contributed by atoms with Crippen LogP contribution in [0.4, 0.5) is 0 Å². The summed E-state index contributed by atoms with van der Waals surface area (Å²) in [6, 6.07) is 1.57. The second kappa shape index (κ2) is 9.58. The first-order valence-electron chi connectivity index (χ1n) is 8.86. The van der Waals surface area contributed by atoms with Crippen LogP contribution in [0.15, 0.2) is 12.2 Å². The van der Waals surface area contributed by atoms with Crippen molar-refractivity contribution in [3.05, 3.63) is 12.2 Å². The van der Waals surface area contributed by atoms with E-state index in [0.717, 1.165) is 12.1 Å². The molecule has 1 fully saturated rings. The molecule has 2 aliphatic carbocycles. The Bertz CT molecular complexity index is 234. The second-order valence-corrected chi connectivity index (χ2v) is 6.60. The van der Waals surface area contributed by atoms with Crippen molar-refractivity contribution < 1.29 is 0 Å². The van der Waals surface area contributed by atoms with Crippen LogP contribution in [0.1, 0.15) is 89.9 Å². The van der Waals surface area contributed by atoms with Gasteiger partial charge in [0, 0.05) is 12.1 Å². The largest absolute Gasteiger partial charge is 0.311 e.